The predicted molar refractivity (Wildman–Crippen MR) is 98.0 cm³/mol. The lowest BCUT2D eigenvalue weighted by molar-refractivity contribution is -0.139. The summed E-state index contributed by atoms with van der Waals surface area (Å²) in [5, 5.41) is 15.4. The Kier molecular flexibility index (Phi) is 7.52. The molecule has 1 saturated carbocycles. The summed E-state index contributed by atoms with van der Waals surface area (Å²) in [5.74, 6) is -0.809. The van der Waals surface area contributed by atoms with Crippen LogP contribution in [0.1, 0.15) is 31.7 Å². The van der Waals surface area contributed by atoms with Gasteiger partial charge in [0, 0.05) is 23.7 Å². The van der Waals surface area contributed by atoms with Gasteiger partial charge in [0.15, 0.2) is 0 Å². The molecule has 1 aromatic rings. The maximum atomic E-state index is 11.9. The first kappa shape index (κ1) is 19.5. The third kappa shape index (κ3) is 6.55. The van der Waals surface area contributed by atoms with Gasteiger partial charge in [0.25, 0.3) is 0 Å². The van der Waals surface area contributed by atoms with Gasteiger partial charge in [-0.05, 0) is 49.9 Å². The van der Waals surface area contributed by atoms with E-state index < -0.39 is 5.97 Å². The summed E-state index contributed by atoms with van der Waals surface area (Å²) < 4.78 is 0. The number of urea groups is 1. The number of halogens is 1. The molecular formula is C18H26ClN3O3. The van der Waals surface area contributed by atoms with Crippen LogP contribution in [0.25, 0.3) is 0 Å². The van der Waals surface area contributed by atoms with E-state index in [0.29, 0.717) is 13.1 Å². The number of nitrogens with zero attached hydrogens (tertiary/aromatic N) is 1. The minimum atomic E-state index is -0.809. The number of carbonyl (C=O) groups is 2. The second-order valence-corrected chi connectivity index (χ2v) is 6.85. The second kappa shape index (κ2) is 9.63. The van der Waals surface area contributed by atoms with Crippen molar-refractivity contribution in [2.75, 3.05) is 19.6 Å². The fourth-order valence-electron chi connectivity index (χ4n) is 3.06. The quantitative estimate of drug-likeness (QED) is 0.586. The smallest absolute Gasteiger partial charge is 0.317 e. The van der Waals surface area contributed by atoms with Gasteiger partial charge in [0.05, 0.1) is 6.54 Å². The standard InChI is InChI=1S/C18H26ClN3O3/c1-2-22(12-17(23)24)16-10-15(11-16)21-18(25)20-9-3-4-13-5-7-14(19)8-6-13/h5-8,15-16H,2-4,9-12H2,1H3,(H,23,24)(H2,20,21,25). The lowest BCUT2D eigenvalue weighted by Gasteiger charge is -2.42. The molecule has 1 fully saturated rings. The zero-order valence-corrected chi connectivity index (χ0v) is 15.3. The van der Waals surface area contributed by atoms with Crippen LogP contribution in [0.2, 0.25) is 5.02 Å². The number of likely N-dealkylation sites (N-methyl/N-ethyl adjacent to an activating group) is 1. The molecule has 1 aliphatic rings. The largest absolute Gasteiger partial charge is 0.480 e. The van der Waals surface area contributed by atoms with E-state index in [9.17, 15) is 9.59 Å². The van der Waals surface area contributed by atoms with Crippen LogP contribution in [-0.2, 0) is 11.2 Å². The highest BCUT2D eigenvalue weighted by Gasteiger charge is 2.34. The minimum Gasteiger partial charge on any atom is -0.480 e. The van der Waals surface area contributed by atoms with E-state index >= 15 is 0 Å². The summed E-state index contributed by atoms with van der Waals surface area (Å²) in [4.78, 5) is 24.6. The number of amides is 2. The van der Waals surface area contributed by atoms with Crippen LogP contribution in [0.5, 0.6) is 0 Å². The van der Waals surface area contributed by atoms with E-state index in [-0.39, 0.29) is 24.7 Å². The van der Waals surface area contributed by atoms with Crippen LogP contribution in [-0.4, -0.2) is 53.7 Å². The van der Waals surface area contributed by atoms with Gasteiger partial charge in [-0.2, -0.15) is 0 Å². The molecule has 0 atom stereocenters. The minimum absolute atomic E-state index is 0.0603. The number of aryl methyl sites for hydroxylation is 1. The van der Waals surface area contributed by atoms with Crippen LogP contribution >= 0.6 is 11.6 Å². The van der Waals surface area contributed by atoms with E-state index in [4.69, 9.17) is 16.7 Å². The molecule has 0 radical (unpaired) electrons. The maximum Gasteiger partial charge on any atom is 0.317 e. The van der Waals surface area contributed by atoms with Crippen molar-refractivity contribution >= 4 is 23.6 Å². The lowest BCUT2D eigenvalue weighted by Crippen LogP contribution is -2.56. The summed E-state index contributed by atoms with van der Waals surface area (Å²) >= 11 is 5.85. The number of carbonyl (C=O) groups excluding carboxylic acids is 1. The van der Waals surface area contributed by atoms with Crippen LogP contribution in [0, 0.1) is 0 Å². The Labute approximate surface area is 153 Å². The number of carboxylic acid groups (broad SMARTS) is 1. The predicted octanol–water partition coefficient (Wildman–Crippen LogP) is 2.51. The van der Waals surface area contributed by atoms with Crippen LogP contribution in [0.4, 0.5) is 4.79 Å². The Morgan fingerprint density at radius 1 is 1.28 bits per heavy atom. The van der Waals surface area contributed by atoms with Gasteiger partial charge in [-0.3, -0.25) is 9.69 Å². The first-order valence-corrected chi connectivity index (χ1v) is 9.10. The molecule has 0 saturated heterocycles. The summed E-state index contributed by atoms with van der Waals surface area (Å²) in [6.45, 7) is 3.34. The van der Waals surface area contributed by atoms with Crippen molar-refractivity contribution in [1.82, 2.24) is 15.5 Å². The van der Waals surface area contributed by atoms with E-state index in [0.717, 1.165) is 30.7 Å². The molecule has 25 heavy (non-hydrogen) atoms. The van der Waals surface area contributed by atoms with Crippen LogP contribution in [0.3, 0.4) is 0 Å². The highest BCUT2D eigenvalue weighted by atomic mass is 35.5. The van der Waals surface area contributed by atoms with Gasteiger partial charge in [-0.25, -0.2) is 4.79 Å². The second-order valence-electron chi connectivity index (χ2n) is 6.41. The molecule has 6 nitrogen and oxygen atoms in total. The fraction of sp³-hybridized carbons (Fsp3) is 0.556. The highest BCUT2D eigenvalue weighted by molar-refractivity contribution is 6.30. The normalized spacial score (nSPS) is 19.3. The fourth-order valence-corrected chi connectivity index (χ4v) is 3.18. The van der Waals surface area contributed by atoms with Crippen molar-refractivity contribution in [2.24, 2.45) is 0 Å². The SMILES string of the molecule is CCN(CC(=O)O)C1CC(NC(=O)NCCCc2ccc(Cl)cc2)C1. The number of nitrogens with one attached hydrogen (secondary N) is 2. The zero-order valence-electron chi connectivity index (χ0n) is 14.5. The molecule has 1 aromatic carbocycles. The summed E-state index contributed by atoms with van der Waals surface area (Å²) in [6, 6.07) is 7.95. The lowest BCUT2D eigenvalue weighted by atomic mass is 9.85. The number of hydrogen-bond donors (Lipinski definition) is 3. The number of aliphatic carboxylic acids is 1. The topological polar surface area (TPSA) is 81.7 Å². The molecule has 7 heteroatoms. The molecule has 2 amide bonds. The number of hydrogen-bond acceptors (Lipinski definition) is 3. The number of benzene rings is 1. The average molecular weight is 368 g/mol. The zero-order chi connectivity index (χ0) is 18.2. The van der Waals surface area contributed by atoms with Crippen molar-refractivity contribution in [3.05, 3.63) is 34.9 Å². The number of rotatable bonds is 9. The maximum absolute atomic E-state index is 11.9. The summed E-state index contributed by atoms with van der Waals surface area (Å²) in [6.07, 6.45) is 3.37. The Balaban J connectivity index is 1.57. The third-order valence-electron chi connectivity index (χ3n) is 4.55. The van der Waals surface area contributed by atoms with Crippen molar-refractivity contribution in [2.45, 2.75) is 44.7 Å². The Morgan fingerprint density at radius 3 is 2.56 bits per heavy atom. The number of carboxylic acids is 1. The molecule has 0 unspecified atom stereocenters. The highest BCUT2D eigenvalue weighted by Crippen LogP contribution is 2.25. The van der Waals surface area contributed by atoms with Gasteiger partial charge < -0.3 is 15.7 Å². The monoisotopic (exact) mass is 367 g/mol. The molecule has 0 aliphatic heterocycles. The van der Waals surface area contributed by atoms with Gasteiger partial charge in [-0.15, -0.1) is 0 Å². The van der Waals surface area contributed by atoms with Crippen LogP contribution in [0.15, 0.2) is 24.3 Å². The van der Waals surface area contributed by atoms with E-state index in [1.807, 2.05) is 36.1 Å². The van der Waals surface area contributed by atoms with E-state index in [1.54, 1.807) is 0 Å². The van der Waals surface area contributed by atoms with E-state index in [2.05, 4.69) is 10.6 Å². The molecule has 138 valence electrons. The van der Waals surface area contributed by atoms with Gasteiger partial charge in [0.2, 0.25) is 0 Å². The van der Waals surface area contributed by atoms with Crippen molar-refractivity contribution in [3.63, 3.8) is 0 Å². The van der Waals surface area contributed by atoms with Crippen molar-refractivity contribution < 1.29 is 14.7 Å². The first-order chi connectivity index (χ1) is 12.0. The van der Waals surface area contributed by atoms with E-state index in [1.165, 1.54) is 5.56 Å². The molecule has 0 spiro atoms. The molecule has 0 heterocycles. The van der Waals surface area contributed by atoms with Gasteiger partial charge >= 0.3 is 12.0 Å². The molecule has 0 bridgehead atoms. The molecule has 2 rings (SSSR count). The summed E-state index contributed by atoms with van der Waals surface area (Å²) in [7, 11) is 0. The Hall–Kier alpha value is -1.79. The van der Waals surface area contributed by atoms with Crippen molar-refractivity contribution in [3.8, 4) is 0 Å². The summed E-state index contributed by atoms with van der Waals surface area (Å²) in [5.41, 5.74) is 1.20. The Bertz CT molecular complexity index is 573. The average Bonchev–Trinajstić information content (AvgIpc) is 2.54. The molecule has 0 aromatic heterocycles. The van der Waals surface area contributed by atoms with Gasteiger partial charge in [-0.1, -0.05) is 30.7 Å². The van der Waals surface area contributed by atoms with Gasteiger partial charge in [0.1, 0.15) is 0 Å². The Morgan fingerprint density at radius 2 is 1.96 bits per heavy atom. The molecular weight excluding hydrogens is 342 g/mol. The first-order valence-electron chi connectivity index (χ1n) is 8.72. The van der Waals surface area contributed by atoms with Crippen LogP contribution < -0.4 is 10.6 Å². The van der Waals surface area contributed by atoms with Crippen molar-refractivity contribution in [1.29, 1.82) is 0 Å². The molecule has 3 N–H and O–H groups in total. The third-order valence-corrected chi connectivity index (χ3v) is 4.80. The molecule has 1 aliphatic carbocycles.